The van der Waals surface area contributed by atoms with Crippen molar-refractivity contribution >= 4 is 39.1 Å². The number of amides is 2. The van der Waals surface area contributed by atoms with Gasteiger partial charge in [0, 0.05) is 18.1 Å². The number of halogens is 1. The van der Waals surface area contributed by atoms with Crippen molar-refractivity contribution in [3.63, 3.8) is 0 Å². The number of para-hydroxylation sites is 1. The van der Waals surface area contributed by atoms with Gasteiger partial charge >= 0.3 is 0 Å². The zero-order chi connectivity index (χ0) is 26.2. The van der Waals surface area contributed by atoms with Crippen LogP contribution in [-0.4, -0.2) is 50.5 Å². The molecule has 2 amide bonds. The molecule has 1 N–H and O–H groups in total. The van der Waals surface area contributed by atoms with E-state index in [0.717, 1.165) is 16.1 Å². The molecule has 0 aromatic heterocycles. The summed E-state index contributed by atoms with van der Waals surface area (Å²) in [6, 6.07) is 13.4. The number of benzene rings is 2. The summed E-state index contributed by atoms with van der Waals surface area (Å²) >= 11 is 6.37. The van der Waals surface area contributed by atoms with Gasteiger partial charge in [-0.1, -0.05) is 75.7 Å². The lowest BCUT2D eigenvalue weighted by Gasteiger charge is -2.33. The van der Waals surface area contributed by atoms with Gasteiger partial charge in [-0.2, -0.15) is 0 Å². The molecule has 0 aliphatic heterocycles. The zero-order valence-electron chi connectivity index (χ0n) is 21.1. The lowest BCUT2D eigenvalue weighted by Crippen LogP contribution is -2.52. The van der Waals surface area contributed by atoms with Crippen LogP contribution < -0.4 is 9.62 Å². The number of carbonyl (C=O) groups is 2. The van der Waals surface area contributed by atoms with Crippen LogP contribution in [-0.2, 0) is 32.6 Å². The third-order valence-corrected chi connectivity index (χ3v) is 7.18. The quantitative estimate of drug-likeness (QED) is 0.452. The third-order valence-electron chi connectivity index (χ3n) is 5.69. The van der Waals surface area contributed by atoms with Crippen LogP contribution in [0.1, 0.15) is 45.2 Å². The van der Waals surface area contributed by atoms with Gasteiger partial charge in [-0.15, -0.1) is 0 Å². The van der Waals surface area contributed by atoms with Gasteiger partial charge in [-0.05, 0) is 42.0 Å². The summed E-state index contributed by atoms with van der Waals surface area (Å²) in [5.41, 5.74) is 1.95. The van der Waals surface area contributed by atoms with Crippen molar-refractivity contribution in [2.24, 2.45) is 5.92 Å². The number of rotatable bonds is 12. The van der Waals surface area contributed by atoms with Gasteiger partial charge in [-0.3, -0.25) is 13.9 Å². The molecule has 2 aromatic carbocycles. The van der Waals surface area contributed by atoms with E-state index in [2.05, 4.69) is 5.32 Å². The molecule has 0 spiro atoms. The first-order valence-electron chi connectivity index (χ1n) is 11.9. The summed E-state index contributed by atoms with van der Waals surface area (Å²) in [5, 5.41) is 3.38. The highest BCUT2D eigenvalue weighted by Crippen LogP contribution is 2.25. The SMILES string of the molecule is CCc1ccccc1N(CC(=O)N(Cc1ccccc1Cl)[C@H](CC)C(=O)NCC(C)C)S(C)(=O)=O. The Kier molecular flexibility index (Phi) is 10.6. The number of aryl methyl sites for hydroxylation is 1. The fraction of sp³-hybridized carbons (Fsp3) is 0.462. The second kappa shape index (κ2) is 12.9. The first kappa shape index (κ1) is 28.7. The lowest BCUT2D eigenvalue weighted by atomic mass is 10.1. The molecule has 2 rings (SSSR count). The molecule has 7 nitrogen and oxygen atoms in total. The Morgan fingerprint density at radius 3 is 2.14 bits per heavy atom. The predicted octanol–water partition coefficient (Wildman–Crippen LogP) is 4.25. The Morgan fingerprint density at radius 1 is 1.00 bits per heavy atom. The summed E-state index contributed by atoms with van der Waals surface area (Å²) < 4.78 is 26.7. The van der Waals surface area contributed by atoms with Crippen molar-refractivity contribution in [2.75, 3.05) is 23.7 Å². The summed E-state index contributed by atoms with van der Waals surface area (Å²) in [5.74, 6) is -0.510. The maximum atomic E-state index is 13.7. The number of sulfonamides is 1. The van der Waals surface area contributed by atoms with Crippen LogP contribution in [0.4, 0.5) is 5.69 Å². The fourth-order valence-corrected chi connectivity index (χ4v) is 4.88. The Bertz CT molecular complexity index is 1120. The molecule has 0 heterocycles. The molecule has 0 aliphatic rings. The molecule has 1 atom stereocenters. The Labute approximate surface area is 214 Å². The van der Waals surface area contributed by atoms with Crippen molar-refractivity contribution < 1.29 is 18.0 Å². The third kappa shape index (κ3) is 7.97. The Hall–Kier alpha value is -2.58. The van der Waals surface area contributed by atoms with Gasteiger partial charge in [0.2, 0.25) is 21.8 Å². The maximum absolute atomic E-state index is 13.7. The van der Waals surface area contributed by atoms with Crippen LogP contribution >= 0.6 is 11.6 Å². The summed E-state index contributed by atoms with van der Waals surface area (Å²) in [4.78, 5) is 28.2. The summed E-state index contributed by atoms with van der Waals surface area (Å²) in [7, 11) is -3.78. The second-order valence-corrected chi connectivity index (χ2v) is 11.2. The largest absolute Gasteiger partial charge is 0.354 e. The van der Waals surface area contributed by atoms with Crippen molar-refractivity contribution in [2.45, 2.75) is 53.1 Å². The predicted molar refractivity (Wildman–Crippen MR) is 142 cm³/mol. The Morgan fingerprint density at radius 2 is 1.60 bits per heavy atom. The summed E-state index contributed by atoms with van der Waals surface area (Å²) in [6.07, 6.45) is 2.05. The number of anilines is 1. The van der Waals surface area contributed by atoms with E-state index in [1.807, 2.05) is 45.9 Å². The monoisotopic (exact) mass is 521 g/mol. The number of hydrogen-bond acceptors (Lipinski definition) is 4. The van der Waals surface area contributed by atoms with Gasteiger partial charge in [0.1, 0.15) is 12.6 Å². The number of nitrogens with one attached hydrogen (secondary N) is 1. The van der Waals surface area contributed by atoms with Crippen LogP contribution in [0.3, 0.4) is 0 Å². The fourth-order valence-electron chi connectivity index (χ4n) is 3.80. The van der Waals surface area contributed by atoms with E-state index < -0.39 is 28.5 Å². The van der Waals surface area contributed by atoms with Gasteiger partial charge in [-0.25, -0.2) is 8.42 Å². The van der Waals surface area contributed by atoms with E-state index in [0.29, 0.717) is 35.7 Å². The first-order valence-corrected chi connectivity index (χ1v) is 14.1. The molecule has 35 heavy (non-hydrogen) atoms. The van der Waals surface area contributed by atoms with Crippen molar-refractivity contribution in [3.05, 3.63) is 64.7 Å². The maximum Gasteiger partial charge on any atom is 0.244 e. The van der Waals surface area contributed by atoms with Crippen molar-refractivity contribution in [1.29, 1.82) is 0 Å². The molecular formula is C26H36ClN3O4S. The molecular weight excluding hydrogens is 486 g/mol. The minimum Gasteiger partial charge on any atom is -0.354 e. The Balaban J connectivity index is 2.47. The highest BCUT2D eigenvalue weighted by molar-refractivity contribution is 7.92. The number of nitrogens with zero attached hydrogens (tertiary/aromatic N) is 2. The van der Waals surface area contributed by atoms with E-state index in [1.165, 1.54) is 4.90 Å². The second-order valence-electron chi connectivity index (χ2n) is 8.93. The topological polar surface area (TPSA) is 86.8 Å². The molecule has 192 valence electrons. The van der Waals surface area contributed by atoms with Crippen LogP contribution in [0.25, 0.3) is 0 Å². The van der Waals surface area contributed by atoms with Crippen LogP contribution in [0.2, 0.25) is 5.02 Å². The molecule has 2 aromatic rings. The van der Waals surface area contributed by atoms with E-state index in [4.69, 9.17) is 11.6 Å². The van der Waals surface area contributed by atoms with Crippen LogP contribution in [0, 0.1) is 5.92 Å². The highest BCUT2D eigenvalue weighted by Gasteiger charge is 2.32. The van der Waals surface area contributed by atoms with Gasteiger partial charge in [0.15, 0.2) is 0 Å². The standard InChI is InChI=1S/C26H36ClN3O4S/c1-6-20-12-9-11-15-24(20)30(35(5,33)34)18-25(31)29(17-21-13-8-10-14-22(21)27)23(7-2)26(32)28-16-19(3)4/h8-15,19,23H,6-7,16-18H2,1-5H3,(H,28,32)/t23-/m1/s1. The van der Waals surface area contributed by atoms with Gasteiger partial charge in [0.05, 0.1) is 11.9 Å². The minimum absolute atomic E-state index is 0.0825. The minimum atomic E-state index is -3.78. The normalized spacial score (nSPS) is 12.3. The van der Waals surface area contributed by atoms with E-state index in [1.54, 1.807) is 30.3 Å². The van der Waals surface area contributed by atoms with Crippen molar-refractivity contribution in [3.8, 4) is 0 Å². The van der Waals surface area contributed by atoms with E-state index in [-0.39, 0.29) is 18.4 Å². The van der Waals surface area contributed by atoms with Crippen molar-refractivity contribution in [1.82, 2.24) is 10.2 Å². The van der Waals surface area contributed by atoms with E-state index >= 15 is 0 Å². The zero-order valence-corrected chi connectivity index (χ0v) is 22.7. The molecule has 9 heteroatoms. The lowest BCUT2D eigenvalue weighted by molar-refractivity contribution is -0.140. The smallest absolute Gasteiger partial charge is 0.244 e. The average molecular weight is 522 g/mol. The molecule has 0 saturated carbocycles. The molecule has 0 fully saturated rings. The molecule has 0 radical (unpaired) electrons. The number of carbonyl (C=O) groups excluding carboxylic acids is 2. The van der Waals surface area contributed by atoms with E-state index in [9.17, 15) is 18.0 Å². The van der Waals surface area contributed by atoms with Gasteiger partial charge in [0.25, 0.3) is 0 Å². The number of hydrogen-bond donors (Lipinski definition) is 1. The molecule has 0 aliphatic carbocycles. The van der Waals surface area contributed by atoms with Crippen LogP contribution in [0.5, 0.6) is 0 Å². The van der Waals surface area contributed by atoms with Crippen LogP contribution in [0.15, 0.2) is 48.5 Å². The molecule has 0 bridgehead atoms. The highest BCUT2D eigenvalue weighted by atomic mass is 35.5. The van der Waals surface area contributed by atoms with Gasteiger partial charge < -0.3 is 10.2 Å². The average Bonchev–Trinajstić information content (AvgIpc) is 2.81. The molecule has 0 unspecified atom stereocenters. The first-order chi connectivity index (χ1) is 16.5. The molecule has 0 saturated heterocycles. The summed E-state index contributed by atoms with van der Waals surface area (Å²) in [6.45, 7) is 7.87.